The van der Waals surface area contributed by atoms with Gasteiger partial charge in [-0.3, -0.25) is 4.79 Å². The molecule has 0 saturated heterocycles. The van der Waals surface area contributed by atoms with E-state index in [0.29, 0.717) is 9.99 Å². The van der Waals surface area contributed by atoms with Gasteiger partial charge in [-0.15, -0.1) is 0 Å². The van der Waals surface area contributed by atoms with Crippen LogP contribution < -0.4 is 15.4 Å². The van der Waals surface area contributed by atoms with E-state index in [0.717, 1.165) is 0 Å². The highest BCUT2D eigenvalue weighted by Gasteiger charge is 2.32. The van der Waals surface area contributed by atoms with Gasteiger partial charge in [-0.05, 0) is 52.3 Å². The van der Waals surface area contributed by atoms with Crippen LogP contribution in [0.15, 0.2) is 52.1 Å². The summed E-state index contributed by atoms with van der Waals surface area (Å²) in [4.78, 5) is 11.9. The van der Waals surface area contributed by atoms with E-state index in [2.05, 4.69) is 38.4 Å². The van der Waals surface area contributed by atoms with Gasteiger partial charge < -0.3 is 19.8 Å². The predicted octanol–water partition coefficient (Wildman–Crippen LogP) is 5.15. The maximum absolute atomic E-state index is 13.1. The first-order valence-electron chi connectivity index (χ1n) is 10.2. The number of amides is 1. The van der Waals surface area contributed by atoms with Crippen LogP contribution in [-0.4, -0.2) is 36.4 Å². The monoisotopic (exact) mass is 514 g/mol. The second kappa shape index (κ2) is 9.58. The molecule has 3 aromatic rings. The molecule has 0 saturated carbocycles. The number of nitrogens with one attached hydrogen (secondary N) is 2. The van der Waals surface area contributed by atoms with Crippen molar-refractivity contribution >= 4 is 44.8 Å². The first kappa shape index (κ1) is 19.0. The fourth-order valence-corrected chi connectivity index (χ4v) is 3.91. The minimum Gasteiger partial charge on any atom is -0.495 e. The van der Waals surface area contributed by atoms with E-state index < -0.39 is 18.5 Å². The molecule has 0 bridgehead atoms. The lowest BCUT2D eigenvalue weighted by molar-refractivity contribution is -0.0329. The number of methoxy groups -OCH3 is 1. The van der Waals surface area contributed by atoms with Crippen molar-refractivity contribution in [1.82, 2.24) is 9.72 Å². The number of halogens is 4. The number of rotatable bonds is 5. The van der Waals surface area contributed by atoms with Crippen LogP contribution in [0, 0.1) is 11.8 Å². The van der Waals surface area contributed by atoms with Crippen LogP contribution in [0.25, 0.3) is 5.52 Å². The van der Waals surface area contributed by atoms with Gasteiger partial charge in [-0.1, -0.05) is 11.8 Å². The molecule has 10 heteroatoms. The van der Waals surface area contributed by atoms with Crippen molar-refractivity contribution in [3.8, 4) is 17.6 Å². The Bertz CT molecular complexity index is 1280. The van der Waals surface area contributed by atoms with Gasteiger partial charge in [-0.2, -0.15) is 13.2 Å². The molecule has 0 fully saturated rings. The Balaban J connectivity index is 1.87. The van der Waals surface area contributed by atoms with E-state index >= 15 is 0 Å². The summed E-state index contributed by atoms with van der Waals surface area (Å²) in [6, 6.07) is 9.08. The molecule has 0 aliphatic carbocycles. The summed E-state index contributed by atoms with van der Waals surface area (Å²) in [6.45, 7) is -0.0276. The molecule has 0 aliphatic heterocycles. The molecule has 31 heavy (non-hydrogen) atoms. The standard InChI is InChI=1S/C21H17BrF3N3O2S/c1-26-19(29)13-7-8-16(18(12-13)30-2)27-9-3-5-14-11-17-15(22)6-4-10-28(17)20(14)31-21(23,24)25/h4,6-8,10-12,27H,9H2,1-2H3,(H,26,29)/i2D3. The third-order valence-corrected chi connectivity index (χ3v) is 5.61. The summed E-state index contributed by atoms with van der Waals surface area (Å²) in [7, 11) is -1.32. The van der Waals surface area contributed by atoms with Crippen LogP contribution in [0.5, 0.6) is 5.75 Å². The van der Waals surface area contributed by atoms with Crippen molar-refractivity contribution in [2.75, 3.05) is 25.9 Å². The number of alkyl halides is 3. The molecule has 1 aromatic carbocycles. The zero-order valence-electron chi connectivity index (χ0n) is 18.9. The van der Waals surface area contributed by atoms with Crippen LogP contribution in [-0.2, 0) is 0 Å². The number of hydrogen-bond acceptors (Lipinski definition) is 4. The number of fused-ring (bicyclic) bond motifs is 1. The molecule has 0 radical (unpaired) electrons. The Morgan fingerprint density at radius 3 is 2.87 bits per heavy atom. The lowest BCUT2D eigenvalue weighted by atomic mass is 10.1. The number of carbonyl (C=O) groups excluding carboxylic acids is 1. The second-order valence-corrected chi connectivity index (χ2v) is 7.98. The average molecular weight is 515 g/mol. The van der Waals surface area contributed by atoms with Crippen LogP contribution in [0.4, 0.5) is 18.9 Å². The normalized spacial score (nSPS) is 12.9. The minimum absolute atomic E-state index is 0.0276. The summed E-state index contributed by atoms with van der Waals surface area (Å²) in [5.41, 5.74) is -3.33. The van der Waals surface area contributed by atoms with Crippen molar-refractivity contribution < 1.29 is 26.8 Å². The van der Waals surface area contributed by atoms with Gasteiger partial charge in [0.25, 0.3) is 5.91 Å². The number of nitrogens with zero attached hydrogens (tertiary/aromatic N) is 1. The van der Waals surface area contributed by atoms with Gasteiger partial charge in [0.05, 0.1) is 34.5 Å². The van der Waals surface area contributed by atoms with Crippen molar-refractivity contribution in [2.24, 2.45) is 0 Å². The van der Waals surface area contributed by atoms with E-state index in [4.69, 9.17) is 8.85 Å². The number of hydrogen-bond donors (Lipinski definition) is 2. The summed E-state index contributed by atoms with van der Waals surface area (Å²) < 4.78 is 68.4. The maximum atomic E-state index is 13.1. The largest absolute Gasteiger partial charge is 0.495 e. The van der Waals surface area contributed by atoms with Gasteiger partial charge in [-0.25, -0.2) is 0 Å². The summed E-state index contributed by atoms with van der Waals surface area (Å²) in [5, 5.41) is 5.24. The molecule has 0 aliphatic rings. The molecular weight excluding hydrogens is 495 g/mol. The minimum atomic E-state index is -4.50. The highest BCUT2D eigenvalue weighted by molar-refractivity contribution is 9.10. The van der Waals surface area contributed by atoms with Crippen molar-refractivity contribution in [3.05, 3.63) is 58.2 Å². The van der Waals surface area contributed by atoms with Crippen molar-refractivity contribution in [3.63, 3.8) is 0 Å². The fraction of sp³-hybridized carbons (Fsp3) is 0.190. The van der Waals surface area contributed by atoms with Gasteiger partial charge in [0.2, 0.25) is 0 Å². The second-order valence-electron chi connectivity index (χ2n) is 6.07. The van der Waals surface area contributed by atoms with Crippen molar-refractivity contribution in [2.45, 2.75) is 10.5 Å². The SMILES string of the molecule is [2H]C([2H])([2H])Oc1cc(C(=O)NC)ccc1NCC#Cc1cc2c(Br)cccn2c1SC(F)(F)F. The highest BCUT2D eigenvalue weighted by Crippen LogP contribution is 2.40. The Morgan fingerprint density at radius 1 is 1.35 bits per heavy atom. The molecule has 5 nitrogen and oxygen atoms in total. The summed E-state index contributed by atoms with van der Waals surface area (Å²) in [5.74, 6) is 4.97. The predicted molar refractivity (Wildman–Crippen MR) is 119 cm³/mol. The van der Waals surface area contributed by atoms with Crippen LogP contribution in [0.1, 0.15) is 20.0 Å². The number of pyridine rings is 1. The Kier molecular flexibility index (Phi) is 5.86. The van der Waals surface area contributed by atoms with Gasteiger partial charge in [0.15, 0.2) is 0 Å². The quantitative estimate of drug-likeness (QED) is 0.365. The fourth-order valence-electron chi connectivity index (χ4n) is 2.76. The zero-order valence-corrected chi connectivity index (χ0v) is 18.3. The Hall–Kier alpha value is -2.77. The number of thioether (sulfide) groups is 1. The maximum Gasteiger partial charge on any atom is 0.447 e. The molecular formula is C21H17BrF3N3O2S. The first-order chi connectivity index (χ1) is 15.9. The Morgan fingerprint density at radius 2 is 2.16 bits per heavy atom. The average Bonchev–Trinajstić information content (AvgIpc) is 3.07. The van der Waals surface area contributed by atoms with E-state index in [-0.39, 0.29) is 45.9 Å². The van der Waals surface area contributed by atoms with E-state index in [1.807, 2.05) is 0 Å². The van der Waals surface area contributed by atoms with E-state index in [9.17, 15) is 18.0 Å². The van der Waals surface area contributed by atoms with Crippen LogP contribution >= 0.6 is 27.7 Å². The molecule has 0 unspecified atom stereocenters. The molecule has 0 spiro atoms. The third-order valence-electron chi connectivity index (χ3n) is 4.10. The number of anilines is 1. The van der Waals surface area contributed by atoms with Crippen LogP contribution in [0.2, 0.25) is 0 Å². The number of benzene rings is 1. The van der Waals surface area contributed by atoms with E-state index in [1.54, 1.807) is 18.2 Å². The lowest BCUT2D eigenvalue weighted by Crippen LogP contribution is -2.17. The molecule has 1 amide bonds. The van der Waals surface area contributed by atoms with Gasteiger partial charge in [0.1, 0.15) is 10.8 Å². The van der Waals surface area contributed by atoms with Crippen LogP contribution in [0.3, 0.4) is 0 Å². The lowest BCUT2D eigenvalue weighted by Gasteiger charge is -2.10. The Labute approximate surface area is 193 Å². The number of carbonyl (C=O) groups is 1. The first-order valence-corrected chi connectivity index (χ1v) is 10.3. The number of aromatic nitrogens is 1. The zero-order chi connectivity index (χ0) is 25.1. The third kappa shape index (κ3) is 5.48. The molecule has 2 N–H and O–H groups in total. The number of ether oxygens (including phenoxy) is 1. The van der Waals surface area contributed by atoms with E-state index in [1.165, 1.54) is 35.8 Å². The smallest absolute Gasteiger partial charge is 0.447 e. The van der Waals surface area contributed by atoms with Gasteiger partial charge >= 0.3 is 5.51 Å². The highest BCUT2D eigenvalue weighted by atomic mass is 79.9. The van der Waals surface area contributed by atoms with Gasteiger partial charge in [0, 0.05) is 35.0 Å². The summed E-state index contributed by atoms with van der Waals surface area (Å²) in [6.07, 6.45) is 1.52. The molecule has 2 aromatic heterocycles. The summed E-state index contributed by atoms with van der Waals surface area (Å²) >= 11 is 3.07. The molecule has 2 heterocycles. The van der Waals surface area contributed by atoms with Crippen molar-refractivity contribution in [1.29, 1.82) is 0 Å². The molecule has 3 rings (SSSR count). The topological polar surface area (TPSA) is 54.8 Å². The molecule has 162 valence electrons. The molecule has 0 atom stereocenters.